The molecule has 1 fully saturated rings. The molecule has 2 aromatic carbocycles. The molecule has 5 rings (SSSR count). The maximum absolute atomic E-state index is 14.7. The van der Waals surface area contributed by atoms with Crippen molar-refractivity contribution in [2.75, 3.05) is 11.9 Å². The molecule has 1 aliphatic heterocycles. The summed E-state index contributed by atoms with van der Waals surface area (Å²) in [5.41, 5.74) is 0.685. The molecule has 15 heteroatoms. The van der Waals surface area contributed by atoms with Crippen molar-refractivity contribution in [3.05, 3.63) is 108 Å². The zero-order chi connectivity index (χ0) is 33.3. The SMILES string of the molecule is C[C@@H]1CC(F)(F)C[N+]1(C(=O)NCc1cc(NCc2ccccn2)nc(-c2ccc(C(F)(F)F)cc2)c1)S(=O)(=O)c1ccc(F)cc1. The molecule has 46 heavy (non-hydrogen) atoms. The molecule has 0 bridgehead atoms. The van der Waals surface area contributed by atoms with Gasteiger partial charge in [-0.2, -0.15) is 21.6 Å². The van der Waals surface area contributed by atoms with Crippen LogP contribution in [0.2, 0.25) is 0 Å². The van der Waals surface area contributed by atoms with E-state index < -0.39 is 67.3 Å². The average molecular weight is 665 g/mol. The molecule has 0 spiro atoms. The monoisotopic (exact) mass is 664 g/mol. The number of carbonyl (C=O) groups excluding carboxylic acids is 1. The van der Waals surface area contributed by atoms with Crippen molar-refractivity contribution in [2.24, 2.45) is 0 Å². The Labute approximate surface area is 260 Å². The van der Waals surface area contributed by atoms with Gasteiger partial charge in [0.25, 0.3) is 0 Å². The molecule has 3 heterocycles. The van der Waals surface area contributed by atoms with Gasteiger partial charge in [-0.05, 0) is 73.2 Å². The van der Waals surface area contributed by atoms with Crippen molar-refractivity contribution in [3.63, 3.8) is 0 Å². The molecule has 2 aromatic heterocycles. The van der Waals surface area contributed by atoms with Gasteiger partial charge >= 0.3 is 28.2 Å². The molecule has 2 atom stereocenters. The first-order valence-electron chi connectivity index (χ1n) is 14.0. The third-order valence-electron chi connectivity index (χ3n) is 7.67. The lowest BCUT2D eigenvalue weighted by Crippen LogP contribution is -2.62. The van der Waals surface area contributed by atoms with Crippen molar-refractivity contribution in [3.8, 4) is 11.3 Å². The summed E-state index contributed by atoms with van der Waals surface area (Å²) < 4.78 is 108. The highest BCUT2D eigenvalue weighted by molar-refractivity contribution is 7.86. The van der Waals surface area contributed by atoms with E-state index in [4.69, 9.17) is 0 Å². The highest BCUT2D eigenvalue weighted by atomic mass is 32.2. The number of likely N-dealkylation sites (tertiary alicyclic amines) is 1. The molecule has 1 saturated heterocycles. The fourth-order valence-corrected chi connectivity index (χ4v) is 7.44. The molecule has 242 valence electrons. The van der Waals surface area contributed by atoms with E-state index in [1.54, 1.807) is 24.4 Å². The molecular formula is C31H28F6N5O3S+. The minimum Gasteiger partial charge on any atom is -0.364 e. The number of carbonyl (C=O) groups is 1. The molecule has 2 N–H and O–H groups in total. The number of pyridine rings is 2. The Hall–Kier alpha value is -4.50. The lowest BCUT2D eigenvalue weighted by molar-refractivity contribution is -0.738. The molecule has 8 nitrogen and oxygen atoms in total. The van der Waals surface area contributed by atoms with E-state index in [2.05, 4.69) is 20.6 Å². The summed E-state index contributed by atoms with van der Waals surface area (Å²) >= 11 is 0. The van der Waals surface area contributed by atoms with Gasteiger partial charge in [0.05, 0.1) is 29.9 Å². The number of amides is 2. The van der Waals surface area contributed by atoms with Gasteiger partial charge in [-0.3, -0.25) is 4.98 Å². The Morgan fingerprint density at radius 1 is 1.00 bits per heavy atom. The summed E-state index contributed by atoms with van der Waals surface area (Å²) in [6.07, 6.45) is -3.84. The van der Waals surface area contributed by atoms with Gasteiger partial charge in [-0.15, -0.1) is 3.89 Å². The van der Waals surface area contributed by atoms with E-state index in [0.29, 0.717) is 16.8 Å². The Kier molecular flexibility index (Phi) is 8.84. The fraction of sp³-hybridized carbons (Fsp3) is 0.258. The summed E-state index contributed by atoms with van der Waals surface area (Å²) in [6, 6.07) is 13.5. The fourth-order valence-electron chi connectivity index (χ4n) is 5.39. The number of nitrogens with one attached hydrogen (secondary N) is 2. The van der Waals surface area contributed by atoms with Gasteiger partial charge < -0.3 is 10.6 Å². The van der Waals surface area contributed by atoms with Gasteiger partial charge in [-0.25, -0.2) is 22.9 Å². The van der Waals surface area contributed by atoms with E-state index in [0.717, 1.165) is 36.4 Å². The number of rotatable bonds is 8. The summed E-state index contributed by atoms with van der Waals surface area (Å²) in [5.74, 6) is -3.97. The van der Waals surface area contributed by atoms with Crippen molar-refractivity contribution < 1.29 is 43.4 Å². The first-order chi connectivity index (χ1) is 21.6. The molecule has 0 aliphatic carbocycles. The molecule has 2 amide bonds. The Bertz CT molecular complexity index is 1820. The van der Waals surface area contributed by atoms with Crippen LogP contribution in [-0.2, 0) is 29.3 Å². The van der Waals surface area contributed by atoms with Gasteiger partial charge in [-0.1, -0.05) is 18.2 Å². The first kappa shape index (κ1) is 32.9. The number of anilines is 1. The third-order valence-corrected chi connectivity index (χ3v) is 10.1. The number of halogens is 6. The predicted octanol–water partition coefficient (Wildman–Crippen LogP) is 6.76. The van der Waals surface area contributed by atoms with Crippen LogP contribution in [0.4, 0.5) is 37.0 Å². The number of aromatic nitrogens is 2. The highest BCUT2D eigenvalue weighted by Gasteiger charge is 2.66. The zero-order valence-corrected chi connectivity index (χ0v) is 25.0. The topological polar surface area (TPSA) is 101 Å². The minimum atomic E-state index is -4.80. The van der Waals surface area contributed by atoms with Crippen molar-refractivity contribution in [1.29, 1.82) is 0 Å². The van der Waals surface area contributed by atoms with Crippen LogP contribution < -0.4 is 10.6 Å². The van der Waals surface area contributed by atoms with Crippen LogP contribution in [-0.4, -0.2) is 46.8 Å². The quantitative estimate of drug-likeness (QED) is 0.160. The normalized spacial score (nSPS) is 19.5. The maximum Gasteiger partial charge on any atom is 0.432 e. The smallest absolute Gasteiger partial charge is 0.364 e. The number of nitrogens with zero attached hydrogens (tertiary/aromatic N) is 3. The average Bonchev–Trinajstić information content (AvgIpc) is 3.28. The summed E-state index contributed by atoms with van der Waals surface area (Å²) in [6.45, 7) is -0.219. The summed E-state index contributed by atoms with van der Waals surface area (Å²) in [5, 5.41) is 5.55. The Morgan fingerprint density at radius 2 is 1.70 bits per heavy atom. The largest absolute Gasteiger partial charge is 0.432 e. The maximum atomic E-state index is 14.7. The molecule has 0 radical (unpaired) electrons. The van der Waals surface area contributed by atoms with Crippen LogP contribution in [0.25, 0.3) is 11.3 Å². The van der Waals surface area contributed by atoms with Crippen LogP contribution in [0.15, 0.2) is 90.0 Å². The van der Waals surface area contributed by atoms with E-state index in [1.807, 2.05) is 0 Å². The summed E-state index contributed by atoms with van der Waals surface area (Å²) in [7, 11) is -4.80. The number of hydrogen-bond acceptors (Lipinski definition) is 6. The van der Waals surface area contributed by atoms with Crippen LogP contribution in [0, 0.1) is 5.82 Å². The Balaban J connectivity index is 1.47. The van der Waals surface area contributed by atoms with Crippen LogP contribution in [0.1, 0.15) is 30.2 Å². The van der Waals surface area contributed by atoms with Crippen molar-refractivity contribution in [1.82, 2.24) is 15.3 Å². The second-order valence-electron chi connectivity index (χ2n) is 10.9. The lowest BCUT2D eigenvalue weighted by atomic mass is 10.1. The van der Waals surface area contributed by atoms with E-state index in [9.17, 15) is 39.6 Å². The van der Waals surface area contributed by atoms with E-state index in [1.165, 1.54) is 31.2 Å². The standard InChI is InChI=1S/C31H27F6N5O3S/c1-20-16-30(33,34)19-42(20,46(44,45)26-11-9-24(32)10-12-26)29(43)40-17-21-14-27(22-5-7-23(8-6-22)31(35,36)37)41-28(15-21)39-18-25-4-2-3-13-38-25/h2-15,20H,16-19H2,1H3,(H-,39,40,41,43)/p+1/t20-,42?/m1/s1. The highest BCUT2D eigenvalue weighted by Crippen LogP contribution is 2.43. The lowest BCUT2D eigenvalue weighted by Gasteiger charge is -2.33. The summed E-state index contributed by atoms with van der Waals surface area (Å²) in [4.78, 5) is 21.9. The number of quaternary nitrogens is 1. The number of urea groups is 1. The van der Waals surface area contributed by atoms with Crippen LogP contribution in [0.5, 0.6) is 0 Å². The van der Waals surface area contributed by atoms with Gasteiger partial charge in [0.1, 0.15) is 22.6 Å². The number of hydrogen-bond donors (Lipinski definition) is 2. The third kappa shape index (κ3) is 6.70. The second-order valence-corrected chi connectivity index (χ2v) is 13.0. The number of sulfonamides is 1. The second kappa shape index (κ2) is 12.4. The van der Waals surface area contributed by atoms with Gasteiger partial charge in [0.15, 0.2) is 6.54 Å². The zero-order valence-electron chi connectivity index (χ0n) is 24.2. The van der Waals surface area contributed by atoms with Crippen molar-refractivity contribution >= 4 is 21.9 Å². The minimum absolute atomic E-state index is 0.221. The number of benzene rings is 2. The van der Waals surface area contributed by atoms with Crippen molar-refractivity contribution in [2.45, 2.75) is 49.5 Å². The van der Waals surface area contributed by atoms with E-state index >= 15 is 0 Å². The van der Waals surface area contributed by atoms with Gasteiger partial charge in [0.2, 0.25) is 0 Å². The number of alkyl halides is 5. The molecule has 1 unspecified atom stereocenters. The van der Waals surface area contributed by atoms with Crippen LogP contribution in [0.3, 0.4) is 0 Å². The molecule has 4 aromatic rings. The van der Waals surface area contributed by atoms with Crippen LogP contribution >= 0.6 is 0 Å². The van der Waals surface area contributed by atoms with Gasteiger partial charge in [0, 0.05) is 18.3 Å². The molecule has 0 saturated carbocycles. The predicted molar refractivity (Wildman–Crippen MR) is 156 cm³/mol. The van der Waals surface area contributed by atoms with E-state index in [-0.39, 0.29) is 24.6 Å². The molecule has 1 aliphatic rings. The Morgan fingerprint density at radius 3 is 2.28 bits per heavy atom. The molecular weight excluding hydrogens is 636 g/mol. The first-order valence-corrected chi connectivity index (χ1v) is 15.4.